The molecule has 3 aliphatic carbocycles. The van der Waals surface area contributed by atoms with E-state index in [0.717, 1.165) is 26.7 Å². The fourth-order valence-electron chi connectivity index (χ4n) is 6.65. The zero-order chi connectivity index (χ0) is 26.7. The summed E-state index contributed by atoms with van der Waals surface area (Å²) in [6.07, 6.45) is 4.74. The minimum atomic E-state index is -1.05. The average molecular weight is 577 g/mol. The highest BCUT2D eigenvalue weighted by Crippen LogP contribution is 2.63. The normalized spacial score (nSPS) is 24.4. The van der Waals surface area contributed by atoms with Crippen LogP contribution in [0.15, 0.2) is 107 Å². The second-order valence-corrected chi connectivity index (χ2v) is 10.9. The summed E-state index contributed by atoms with van der Waals surface area (Å²) in [6.45, 7) is 0. The molecule has 3 aromatic carbocycles. The number of benzene rings is 3. The van der Waals surface area contributed by atoms with Crippen LogP contribution in [0.25, 0.3) is 0 Å². The maximum Gasteiger partial charge on any atom is 0.271 e. The Morgan fingerprint density at radius 1 is 0.872 bits per heavy atom. The third-order valence-electron chi connectivity index (χ3n) is 8.15. The van der Waals surface area contributed by atoms with E-state index in [1.54, 1.807) is 30.5 Å². The third kappa shape index (κ3) is 3.31. The van der Waals surface area contributed by atoms with Crippen molar-refractivity contribution in [3.8, 4) is 0 Å². The Hall–Kier alpha value is -4.43. The lowest BCUT2D eigenvalue weighted by molar-refractivity contribution is -0.122. The highest BCUT2D eigenvalue weighted by atomic mass is 79.9. The lowest BCUT2D eigenvalue weighted by atomic mass is 9.47. The Kier molecular flexibility index (Phi) is 5.35. The van der Waals surface area contributed by atoms with Crippen LogP contribution in [0, 0.1) is 11.8 Å². The Morgan fingerprint density at radius 2 is 1.49 bits per heavy atom. The molecule has 1 aliphatic heterocycles. The summed E-state index contributed by atoms with van der Waals surface area (Å²) in [5.41, 5.74) is 6.39. The molecule has 1 aromatic heterocycles. The van der Waals surface area contributed by atoms with Crippen molar-refractivity contribution in [3.05, 3.63) is 130 Å². The molecule has 4 aliphatic rings. The second kappa shape index (κ2) is 8.81. The topological polar surface area (TPSA) is 91.7 Å². The Bertz CT molecular complexity index is 1640. The number of halogens is 1. The van der Waals surface area contributed by atoms with E-state index in [4.69, 9.17) is 0 Å². The van der Waals surface area contributed by atoms with Gasteiger partial charge >= 0.3 is 0 Å². The van der Waals surface area contributed by atoms with Gasteiger partial charge in [0.25, 0.3) is 5.91 Å². The van der Waals surface area contributed by atoms with E-state index in [-0.39, 0.29) is 17.7 Å². The van der Waals surface area contributed by atoms with Gasteiger partial charge in [0.2, 0.25) is 11.8 Å². The van der Waals surface area contributed by atoms with E-state index in [0.29, 0.717) is 11.3 Å². The van der Waals surface area contributed by atoms with Crippen LogP contribution in [-0.4, -0.2) is 28.9 Å². The first-order chi connectivity index (χ1) is 19.0. The molecule has 7 nitrogen and oxygen atoms in total. The van der Waals surface area contributed by atoms with Gasteiger partial charge in [-0.1, -0.05) is 64.5 Å². The molecule has 0 saturated carbocycles. The van der Waals surface area contributed by atoms with Crippen molar-refractivity contribution >= 4 is 45.6 Å². The first-order valence-electron chi connectivity index (χ1n) is 12.6. The SMILES string of the molecule is O=C(N/N=C/C12c3ccccc3C(c3ccccc31)[C@@H]1C(=O)N(c3ccc(Br)cc3)C(=O)[C@H]12)c1ccncc1. The van der Waals surface area contributed by atoms with E-state index in [2.05, 4.69) is 31.4 Å². The summed E-state index contributed by atoms with van der Waals surface area (Å²) in [4.78, 5) is 46.5. The number of anilines is 1. The summed E-state index contributed by atoms with van der Waals surface area (Å²) in [5, 5.41) is 4.43. The maximum atomic E-state index is 14.3. The molecule has 2 heterocycles. The van der Waals surface area contributed by atoms with Crippen molar-refractivity contribution in [2.75, 3.05) is 4.90 Å². The summed E-state index contributed by atoms with van der Waals surface area (Å²) >= 11 is 3.44. The zero-order valence-electron chi connectivity index (χ0n) is 20.5. The highest BCUT2D eigenvalue weighted by molar-refractivity contribution is 9.10. The quantitative estimate of drug-likeness (QED) is 0.214. The molecule has 3 amide bonds. The van der Waals surface area contributed by atoms with E-state index in [9.17, 15) is 14.4 Å². The molecular formula is C31H21BrN4O3. The van der Waals surface area contributed by atoms with Gasteiger partial charge in [-0.05, 0) is 58.7 Å². The molecule has 0 radical (unpaired) electrons. The van der Waals surface area contributed by atoms with Crippen molar-refractivity contribution in [3.63, 3.8) is 0 Å². The molecule has 2 bridgehead atoms. The van der Waals surface area contributed by atoms with Gasteiger partial charge < -0.3 is 0 Å². The van der Waals surface area contributed by atoms with Crippen LogP contribution in [0.2, 0.25) is 0 Å². The number of aromatic nitrogens is 1. The van der Waals surface area contributed by atoms with Crippen LogP contribution in [0.4, 0.5) is 5.69 Å². The van der Waals surface area contributed by atoms with Crippen LogP contribution >= 0.6 is 15.9 Å². The van der Waals surface area contributed by atoms with Gasteiger partial charge in [-0.3, -0.25) is 19.4 Å². The molecule has 1 N–H and O–H groups in total. The molecule has 2 atom stereocenters. The van der Waals surface area contributed by atoms with Crippen molar-refractivity contribution in [1.82, 2.24) is 10.4 Å². The number of hydrazone groups is 1. The molecule has 0 spiro atoms. The van der Waals surface area contributed by atoms with Gasteiger partial charge in [0.1, 0.15) is 0 Å². The van der Waals surface area contributed by atoms with E-state index >= 15 is 0 Å². The lowest BCUT2D eigenvalue weighted by Crippen LogP contribution is -2.54. The Morgan fingerprint density at radius 3 is 2.13 bits per heavy atom. The van der Waals surface area contributed by atoms with Gasteiger partial charge in [-0.15, -0.1) is 0 Å². The summed E-state index contributed by atoms with van der Waals surface area (Å²) in [6, 6.07) is 26.3. The maximum absolute atomic E-state index is 14.3. The number of nitrogens with one attached hydrogen (secondary N) is 1. The highest BCUT2D eigenvalue weighted by Gasteiger charge is 2.68. The van der Waals surface area contributed by atoms with Gasteiger partial charge in [0.05, 0.1) is 22.9 Å². The molecule has 4 aromatic rings. The number of carbonyl (C=O) groups is 3. The van der Waals surface area contributed by atoms with Gasteiger partial charge in [-0.25, -0.2) is 10.3 Å². The van der Waals surface area contributed by atoms with Crippen LogP contribution in [-0.2, 0) is 15.0 Å². The monoisotopic (exact) mass is 576 g/mol. The number of amides is 3. The smallest absolute Gasteiger partial charge is 0.271 e. The first-order valence-corrected chi connectivity index (χ1v) is 13.4. The van der Waals surface area contributed by atoms with Crippen molar-refractivity contribution in [1.29, 1.82) is 0 Å². The fraction of sp³-hybridized carbons (Fsp3) is 0.129. The van der Waals surface area contributed by atoms with Crippen molar-refractivity contribution < 1.29 is 14.4 Å². The molecular weight excluding hydrogens is 556 g/mol. The second-order valence-electron chi connectivity index (χ2n) is 9.95. The summed E-state index contributed by atoms with van der Waals surface area (Å²) < 4.78 is 0.858. The first kappa shape index (κ1) is 23.7. The van der Waals surface area contributed by atoms with Crippen molar-refractivity contribution in [2.24, 2.45) is 16.9 Å². The van der Waals surface area contributed by atoms with E-state index in [1.807, 2.05) is 60.7 Å². The van der Waals surface area contributed by atoms with E-state index in [1.165, 1.54) is 17.3 Å². The Labute approximate surface area is 232 Å². The number of hydrogen-bond acceptors (Lipinski definition) is 5. The molecule has 1 fully saturated rings. The number of rotatable bonds is 4. The average Bonchev–Trinajstić information content (AvgIpc) is 3.25. The fourth-order valence-corrected chi connectivity index (χ4v) is 6.92. The van der Waals surface area contributed by atoms with Crippen LogP contribution in [0.5, 0.6) is 0 Å². The third-order valence-corrected chi connectivity index (χ3v) is 8.67. The molecule has 8 heteroatoms. The summed E-state index contributed by atoms with van der Waals surface area (Å²) in [5.74, 6) is -2.47. The van der Waals surface area contributed by atoms with Crippen LogP contribution in [0.1, 0.15) is 38.5 Å². The molecule has 190 valence electrons. The predicted octanol–water partition coefficient (Wildman–Crippen LogP) is 4.81. The standard InChI is InChI=1S/C31H21BrN4O3/c32-19-9-11-20(12-10-19)36-29(38)26-25-21-5-1-3-7-23(21)31(27(26)30(36)39,24-8-4-2-6-22(24)25)17-34-35-28(37)18-13-15-33-16-14-18/h1-17,25-27H,(H,35,37)/b34-17+/t25?,26-,27-,31?/m0/s1. The van der Waals surface area contributed by atoms with Gasteiger partial charge in [0.15, 0.2) is 0 Å². The van der Waals surface area contributed by atoms with Gasteiger partial charge in [0, 0.05) is 34.6 Å². The van der Waals surface area contributed by atoms with Gasteiger partial charge in [-0.2, -0.15) is 5.10 Å². The largest absolute Gasteiger partial charge is 0.274 e. The Balaban J connectivity index is 1.41. The zero-order valence-corrected chi connectivity index (χ0v) is 22.1. The number of carbonyl (C=O) groups excluding carboxylic acids is 3. The number of imide groups is 1. The number of pyridine rings is 1. The lowest BCUT2D eigenvalue weighted by Gasteiger charge is -2.52. The minimum Gasteiger partial charge on any atom is -0.274 e. The molecule has 8 rings (SSSR count). The van der Waals surface area contributed by atoms with Crippen molar-refractivity contribution in [2.45, 2.75) is 11.3 Å². The molecule has 39 heavy (non-hydrogen) atoms. The van der Waals surface area contributed by atoms with Crippen LogP contribution < -0.4 is 10.3 Å². The predicted molar refractivity (Wildman–Crippen MR) is 149 cm³/mol. The summed E-state index contributed by atoms with van der Waals surface area (Å²) in [7, 11) is 0. The molecule has 0 unspecified atom stereocenters. The van der Waals surface area contributed by atoms with E-state index < -0.39 is 23.2 Å². The molecule has 1 saturated heterocycles. The van der Waals surface area contributed by atoms with Crippen LogP contribution in [0.3, 0.4) is 0 Å². The number of hydrogen-bond donors (Lipinski definition) is 1. The number of nitrogens with zero attached hydrogens (tertiary/aromatic N) is 3. The minimum absolute atomic E-state index is 0.222.